The SMILES string of the molecule is CCN(CC)S(=O)(=O)c1cc(C(=O)Nc2cc(NC(C)=O)ccc2Cl)ccc1C. The number of rotatable bonds is 7. The molecule has 29 heavy (non-hydrogen) atoms. The van der Waals surface area contributed by atoms with Crippen molar-refractivity contribution in [3.8, 4) is 0 Å². The average molecular weight is 438 g/mol. The van der Waals surface area contributed by atoms with E-state index in [9.17, 15) is 18.0 Å². The number of nitrogens with one attached hydrogen (secondary N) is 2. The second-order valence-electron chi connectivity index (χ2n) is 6.40. The molecule has 2 amide bonds. The molecule has 9 heteroatoms. The van der Waals surface area contributed by atoms with Crippen LogP contribution in [0.25, 0.3) is 0 Å². The number of hydrogen-bond acceptors (Lipinski definition) is 4. The van der Waals surface area contributed by atoms with Crippen molar-refractivity contribution in [3.63, 3.8) is 0 Å². The molecule has 0 aliphatic heterocycles. The number of sulfonamides is 1. The molecule has 0 saturated heterocycles. The van der Waals surface area contributed by atoms with Gasteiger partial charge in [-0.15, -0.1) is 0 Å². The molecule has 0 heterocycles. The zero-order chi connectivity index (χ0) is 21.8. The van der Waals surface area contributed by atoms with Crippen LogP contribution in [0.15, 0.2) is 41.3 Å². The Morgan fingerprint density at radius 1 is 1.03 bits per heavy atom. The number of aryl methyl sites for hydroxylation is 1. The molecular weight excluding hydrogens is 414 g/mol. The highest BCUT2D eigenvalue weighted by Crippen LogP contribution is 2.27. The summed E-state index contributed by atoms with van der Waals surface area (Å²) in [5.74, 6) is -0.766. The highest BCUT2D eigenvalue weighted by atomic mass is 35.5. The van der Waals surface area contributed by atoms with Gasteiger partial charge in [0.05, 0.1) is 15.6 Å². The van der Waals surface area contributed by atoms with Crippen molar-refractivity contribution in [1.82, 2.24) is 4.31 Å². The van der Waals surface area contributed by atoms with Gasteiger partial charge in [0.25, 0.3) is 5.91 Å². The predicted octanol–water partition coefficient (Wildman–Crippen LogP) is 3.89. The predicted molar refractivity (Wildman–Crippen MR) is 115 cm³/mol. The van der Waals surface area contributed by atoms with Crippen LogP contribution in [0.1, 0.15) is 36.7 Å². The summed E-state index contributed by atoms with van der Waals surface area (Å²) in [5, 5.41) is 5.57. The Morgan fingerprint density at radius 2 is 1.69 bits per heavy atom. The van der Waals surface area contributed by atoms with Crippen molar-refractivity contribution in [2.45, 2.75) is 32.6 Å². The first kappa shape index (κ1) is 22.9. The minimum Gasteiger partial charge on any atom is -0.326 e. The van der Waals surface area contributed by atoms with Gasteiger partial charge in [0.15, 0.2) is 0 Å². The number of halogens is 1. The zero-order valence-electron chi connectivity index (χ0n) is 16.7. The molecule has 2 aromatic carbocycles. The topological polar surface area (TPSA) is 95.6 Å². The molecule has 2 aromatic rings. The highest BCUT2D eigenvalue weighted by Gasteiger charge is 2.24. The Balaban J connectivity index is 2.37. The molecule has 0 aromatic heterocycles. The van der Waals surface area contributed by atoms with Crippen molar-refractivity contribution in [3.05, 3.63) is 52.5 Å². The van der Waals surface area contributed by atoms with E-state index in [1.807, 2.05) is 0 Å². The van der Waals surface area contributed by atoms with E-state index in [-0.39, 0.29) is 21.4 Å². The quantitative estimate of drug-likeness (QED) is 0.686. The van der Waals surface area contributed by atoms with E-state index in [0.717, 1.165) is 0 Å². The van der Waals surface area contributed by atoms with Crippen LogP contribution >= 0.6 is 11.6 Å². The van der Waals surface area contributed by atoms with Crippen LogP contribution in [0.4, 0.5) is 11.4 Å². The number of carbonyl (C=O) groups excluding carboxylic acids is 2. The van der Waals surface area contributed by atoms with Crippen molar-refractivity contribution < 1.29 is 18.0 Å². The molecule has 0 unspecified atom stereocenters. The third-order valence-electron chi connectivity index (χ3n) is 4.31. The molecule has 0 aliphatic rings. The Morgan fingerprint density at radius 3 is 2.28 bits per heavy atom. The van der Waals surface area contributed by atoms with E-state index < -0.39 is 15.9 Å². The zero-order valence-corrected chi connectivity index (χ0v) is 18.3. The van der Waals surface area contributed by atoms with Crippen LogP contribution in [0, 0.1) is 6.92 Å². The maximum atomic E-state index is 12.9. The van der Waals surface area contributed by atoms with Gasteiger partial charge in [-0.2, -0.15) is 4.31 Å². The van der Waals surface area contributed by atoms with Crippen LogP contribution in [-0.4, -0.2) is 37.6 Å². The van der Waals surface area contributed by atoms with Gasteiger partial charge >= 0.3 is 0 Å². The molecule has 0 bridgehead atoms. The third kappa shape index (κ3) is 5.35. The Bertz CT molecular complexity index is 1030. The van der Waals surface area contributed by atoms with Gasteiger partial charge in [-0.25, -0.2) is 8.42 Å². The van der Waals surface area contributed by atoms with Gasteiger partial charge in [-0.1, -0.05) is 31.5 Å². The van der Waals surface area contributed by atoms with E-state index in [0.29, 0.717) is 30.0 Å². The lowest BCUT2D eigenvalue weighted by atomic mass is 10.1. The summed E-state index contributed by atoms with van der Waals surface area (Å²) in [6.45, 7) is 7.25. The first-order chi connectivity index (χ1) is 13.6. The average Bonchev–Trinajstić information content (AvgIpc) is 2.65. The molecule has 0 saturated carbocycles. The standard InChI is InChI=1S/C20H24ClN3O4S/c1-5-24(6-2)29(27,28)19-11-15(8-7-13(19)3)20(26)23-18-12-16(22-14(4)25)9-10-17(18)21/h7-12H,5-6H2,1-4H3,(H,22,25)(H,23,26). The molecule has 0 aliphatic carbocycles. The van der Waals surface area contributed by atoms with Crippen molar-refractivity contribution in [2.75, 3.05) is 23.7 Å². The number of amides is 2. The molecule has 156 valence electrons. The van der Waals surface area contributed by atoms with E-state index in [2.05, 4.69) is 10.6 Å². The fourth-order valence-corrected chi connectivity index (χ4v) is 4.69. The minimum absolute atomic E-state index is 0.0898. The van der Waals surface area contributed by atoms with E-state index in [4.69, 9.17) is 11.6 Å². The second kappa shape index (κ2) is 9.39. The summed E-state index contributed by atoms with van der Waals surface area (Å²) < 4.78 is 27.1. The monoisotopic (exact) mass is 437 g/mol. The van der Waals surface area contributed by atoms with Crippen molar-refractivity contribution in [1.29, 1.82) is 0 Å². The van der Waals surface area contributed by atoms with E-state index in [1.165, 1.54) is 23.4 Å². The molecule has 2 N–H and O–H groups in total. The van der Waals surface area contributed by atoms with Gasteiger partial charge in [-0.3, -0.25) is 9.59 Å². The number of hydrogen-bond donors (Lipinski definition) is 2. The van der Waals surface area contributed by atoms with Crippen LogP contribution in [-0.2, 0) is 14.8 Å². The van der Waals surface area contributed by atoms with Gasteiger partial charge < -0.3 is 10.6 Å². The van der Waals surface area contributed by atoms with Crippen molar-refractivity contribution >= 4 is 44.8 Å². The van der Waals surface area contributed by atoms with Gasteiger partial charge in [-0.05, 0) is 42.8 Å². The first-order valence-corrected chi connectivity index (χ1v) is 10.9. The Kier molecular flexibility index (Phi) is 7.40. The molecule has 0 radical (unpaired) electrons. The van der Waals surface area contributed by atoms with Gasteiger partial charge in [0, 0.05) is 31.3 Å². The summed E-state index contributed by atoms with van der Waals surface area (Å²) in [6, 6.07) is 9.21. The Labute approximate surface area is 176 Å². The summed E-state index contributed by atoms with van der Waals surface area (Å²) in [5.41, 5.74) is 1.52. The summed E-state index contributed by atoms with van der Waals surface area (Å²) >= 11 is 6.14. The van der Waals surface area contributed by atoms with Crippen LogP contribution in [0.5, 0.6) is 0 Å². The normalized spacial score (nSPS) is 11.4. The lowest BCUT2D eigenvalue weighted by Gasteiger charge is -2.20. The molecular formula is C20H24ClN3O4S. The first-order valence-electron chi connectivity index (χ1n) is 9.09. The van der Waals surface area contributed by atoms with Crippen molar-refractivity contribution in [2.24, 2.45) is 0 Å². The maximum Gasteiger partial charge on any atom is 0.255 e. The van der Waals surface area contributed by atoms with Crippen LogP contribution in [0.2, 0.25) is 5.02 Å². The molecule has 7 nitrogen and oxygen atoms in total. The molecule has 0 atom stereocenters. The maximum absolute atomic E-state index is 12.9. The molecule has 2 rings (SSSR count). The van der Waals surface area contributed by atoms with Crippen LogP contribution < -0.4 is 10.6 Å². The number of nitrogens with zero attached hydrogens (tertiary/aromatic N) is 1. The fraction of sp³-hybridized carbons (Fsp3) is 0.300. The lowest BCUT2D eigenvalue weighted by molar-refractivity contribution is -0.114. The smallest absolute Gasteiger partial charge is 0.255 e. The number of anilines is 2. The van der Waals surface area contributed by atoms with Crippen LogP contribution in [0.3, 0.4) is 0 Å². The molecule has 0 fully saturated rings. The fourth-order valence-electron chi connectivity index (χ4n) is 2.82. The summed E-state index contributed by atoms with van der Waals surface area (Å²) in [6.07, 6.45) is 0. The number of benzene rings is 2. The Hall–Kier alpha value is -2.42. The van der Waals surface area contributed by atoms with Gasteiger partial charge in [0.2, 0.25) is 15.9 Å². The third-order valence-corrected chi connectivity index (χ3v) is 6.83. The largest absolute Gasteiger partial charge is 0.326 e. The summed E-state index contributed by atoms with van der Waals surface area (Å²) in [7, 11) is -3.71. The highest BCUT2D eigenvalue weighted by molar-refractivity contribution is 7.89. The van der Waals surface area contributed by atoms with E-state index in [1.54, 1.807) is 45.0 Å². The minimum atomic E-state index is -3.71. The summed E-state index contributed by atoms with van der Waals surface area (Å²) in [4.78, 5) is 24.1. The van der Waals surface area contributed by atoms with Gasteiger partial charge in [0.1, 0.15) is 0 Å². The number of carbonyl (C=O) groups is 2. The second-order valence-corrected chi connectivity index (χ2v) is 8.71. The lowest BCUT2D eigenvalue weighted by Crippen LogP contribution is -2.31. The van der Waals surface area contributed by atoms with E-state index >= 15 is 0 Å². The molecule has 0 spiro atoms.